The van der Waals surface area contributed by atoms with Gasteiger partial charge in [-0.25, -0.2) is 0 Å². The van der Waals surface area contributed by atoms with Crippen LogP contribution >= 0.6 is 35.1 Å². The van der Waals surface area contributed by atoms with E-state index in [-0.39, 0.29) is 11.4 Å². The minimum atomic E-state index is -0.422. The highest BCUT2D eigenvalue weighted by Gasteiger charge is 2.35. The molecule has 0 atom stereocenters. The predicted molar refractivity (Wildman–Crippen MR) is 119 cm³/mol. The zero-order chi connectivity index (χ0) is 20.0. The van der Waals surface area contributed by atoms with Gasteiger partial charge in [-0.2, -0.15) is 10.0 Å². The number of nitrogens with one attached hydrogen (secondary N) is 1. The van der Waals surface area contributed by atoms with Crippen molar-refractivity contribution in [2.75, 3.05) is 6.26 Å². The molecule has 9 heteroatoms. The van der Waals surface area contributed by atoms with Crippen LogP contribution in [0.15, 0.2) is 46.0 Å². The monoisotopic (exact) mass is 429 g/mol. The molecule has 4 rings (SSSR count). The molecule has 2 aliphatic rings. The lowest BCUT2D eigenvalue weighted by atomic mass is 10.1. The number of hydrazone groups is 1. The Bertz CT molecular complexity index is 1120. The quantitative estimate of drug-likeness (QED) is 0.703. The summed E-state index contributed by atoms with van der Waals surface area (Å²) in [6, 6.07) is 9.59. The Hall–Kier alpha value is -2.29. The van der Waals surface area contributed by atoms with E-state index in [9.17, 15) is 4.79 Å². The molecule has 0 spiro atoms. The van der Waals surface area contributed by atoms with E-state index in [1.807, 2.05) is 50.4 Å². The first-order valence-electron chi connectivity index (χ1n) is 8.38. The number of carbonyl (C=O) groups is 1. The van der Waals surface area contributed by atoms with Gasteiger partial charge >= 0.3 is 0 Å². The van der Waals surface area contributed by atoms with Gasteiger partial charge in [-0.05, 0) is 67.8 Å². The maximum absolute atomic E-state index is 12.5. The fraction of sp³-hybridized carbons (Fsp3) is 0.158. The van der Waals surface area contributed by atoms with Crippen LogP contribution in [-0.4, -0.2) is 37.1 Å². The molecule has 0 saturated heterocycles. The lowest BCUT2D eigenvalue weighted by Crippen LogP contribution is -2.35. The number of amides is 1. The second-order valence-corrected chi connectivity index (χ2v) is 8.68. The van der Waals surface area contributed by atoms with Crippen molar-refractivity contribution in [2.45, 2.75) is 13.8 Å². The number of halogens is 1. The zero-order valence-corrected chi connectivity index (χ0v) is 17.7. The molecule has 28 heavy (non-hydrogen) atoms. The summed E-state index contributed by atoms with van der Waals surface area (Å²) in [4.78, 5) is 16.7. The minimum absolute atomic E-state index is 0.0408. The summed E-state index contributed by atoms with van der Waals surface area (Å²) in [7, 11) is 0. The lowest BCUT2D eigenvalue weighted by molar-refractivity contribution is -0.114. The SMILES string of the molecule is CSC1=NN2C(=N)/C(=C/c3cc(C)n(-c4cccc(Cl)c4)c3C)C(=O)N=C2S1. The summed E-state index contributed by atoms with van der Waals surface area (Å²) in [5.74, 6) is -0.382. The molecule has 0 saturated carbocycles. The maximum Gasteiger partial charge on any atom is 0.283 e. The van der Waals surface area contributed by atoms with Crippen molar-refractivity contribution < 1.29 is 4.79 Å². The molecule has 0 bridgehead atoms. The molecule has 2 aliphatic heterocycles. The Morgan fingerprint density at radius 2 is 2.07 bits per heavy atom. The van der Waals surface area contributed by atoms with Gasteiger partial charge in [-0.1, -0.05) is 17.7 Å². The number of thioether (sulfide) groups is 2. The highest BCUT2D eigenvalue weighted by atomic mass is 35.5. The fourth-order valence-electron chi connectivity index (χ4n) is 3.16. The van der Waals surface area contributed by atoms with Crippen molar-refractivity contribution in [3.8, 4) is 5.69 Å². The summed E-state index contributed by atoms with van der Waals surface area (Å²) in [6.07, 6.45) is 3.61. The second kappa shape index (κ2) is 7.27. The molecular weight excluding hydrogens is 414 g/mol. The smallest absolute Gasteiger partial charge is 0.283 e. The Kier molecular flexibility index (Phi) is 4.95. The van der Waals surface area contributed by atoms with E-state index >= 15 is 0 Å². The molecule has 6 nitrogen and oxygen atoms in total. The average Bonchev–Trinajstić information content (AvgIpc) is 3.19. The van der Waals surface area contributed by atoms with Crippen molar-refractivity contribution in [3.05, 3.63) is 57.9 Å². The number of rotatable bonds is 2. The first-order chi connectivity index (χ1) is 13.4. The minimum Gasteiger partial charge on any atom is -0.318 e. The number of benzene rings is 1. The van der Waals surface area contributed by atoms with Gasteiger partial charge in [0.05, 0.1) is 5.57 Å². The molecule has 2 aromatic rings. The molecule has 1 aromatic heterocycles. The van der Waals surface area contributed by atoms with Crippen molar-refractivity contribution >= 4 is 62.5 Å². The normalized spacial score (nSPS) is 17.9. The first kappa shape index (κ1) is 19.0. The number of aromatic nitrogens is 1. The number of fused-ring (bicyclic) bond motifs is 1. The summed E-state index contributed by atoms with van der Waals surface area (Å²) in [5, 5.41) is 15.3. The summed E-state index contributed by atoms with van der Waals surface area (Å²) >= 11 is 8.91. The van der Waals surface area contributed by atoms with E-state index in [2.05, 4.69) is 14.7 Å². The van der Waals surface area contributed by atoms with Crippen molar-refractivity contribution in [2.24, 2.45) is 10.1 Å². The predicted octanol–water partition coefficient (Wildman–Crippen LogP) is 4.69. The van der Waals surface area contributed by atoms with Crippen LogP contribution < -0.4 is 0 Å². The number of amidine groups is 2. The third-order valence-corrected chi connectivity index (χ3v) is 6.57. The molecule has 0 aliphatic carbocycles. The molecule has 3 heterocycles. The van der Waals surface area contributed by atoms with Crippen molar-refractivity contribution in [1.82, 2.24) is 9.58 Å². The fourth-order valence-corrected chi connectivity index (χ4v) is 4.69. The van der Waals surface area contributed by atoms with Gasteiger partial charge in [-0.3, -0.25) is 10.2 Å². The van der Waals surface area contributed by atoms with E-state index in [1.165, 1.54) is 28.5 Å². The third kappa shape index (κ3) is 3.21. The molecule has 0 radical (unpaired) electrons. The molecular formula is C19H16ClN5OS2. The number of aryl methyl sites for hydroxylation is 1. The van der Waals surface area contributed by atoms with Gasteiger partial charge in [-0.15, -0.1) is 16.9 Å². The number of nitrogens with zero attached hydrogens (tertiary/aromatic N) is 4. The topological polar surface area (TPSA) is 73.8 Å². The van der Waals surface area contributed by atoms with Crippen LogP contribution in [0.3, 0.4) is 0 Å². The van der Waals surface area contributed by atoms with E-state index in [0.717, 1.165) is 27.0 Å². The molecule has 1 N–H and O–H groups in total. The standard InChI is InChI=1S/C19H16ClN5OS2/c1-10-7-12(11(2)24(10)14-6-4-5-13(20)9-14)8-15-16(21)25-18(22-17(15)26)28-19(23-25)27-3/h4-9,21H,1-3H3/b15-8-,21-16?. The van der Waals surface area contributed by atoms with Gasteiger partial charge in [0.2, 0.25) is 5.17 Å². The average molecular weight is 430 g/mol. The highest BCUT2D eigenvalue weighted by Crippen LogP contribution is 2.32. The Balaban J connectivity index is 1.76. The van der Waals surface area contributed by atoms with Crippen LogP contribution in [0.5, 0.6) is 0 Å². The Labute approximate surface area is 175 Å². The van der Waals surface area contributed by atoms with Gasteiger partial charge in [0.25, 0.3) is 5.91 Å². The summed E-state index contributed by atoms with van der Waals surface area (Å²) < 4.78 is 2.83. The van der Waals surface area contributed by atoms with Gasteiger partial charge in [0.1, 0.15) is 0 Å². The van der Waals surface area contributed by atoms with E-state index in [4.69, 9.17) is 17.0 Å². The van der Waals surface area contributed by atoms with Crippen LogP contribution in [0.1, 0.15) is 17.0 Å². The molecule has 0 fully saturated rings. The van der Waals surface area contributed by atoms with Gasteiger partial charge < -0.3 is 4.57 Å². The molecule has 0 unspecified atom stereocenters. The maximum atomic E-state index is 12.5. The Morgan fingerprint density at radius 1 is 1.29 bits per heavy atom. The Morgan fingerprint density at radius 3 is 2.79 bits per heavy atom. The van der Waals surface area contributed by atoms with Crippen molar-refractivity contribution in [3.63, 3.8) is 0 Å². The van der Waals surface area contributed by atoms with E-state index < -0.39 is 5.91 Å². The van der Waals surface area contributed by atoms with Crippen molar-refractivity contribution in [1.29, 1.82) is 5.41 Å². The largest absolute Gasteiger partial charge is 0.318 e. The van der Waals surface area contributed by atoms with Gasteiger partial charge in [0.15, 0.2) is 10.2 Å². The number of hydrogen-bond acceptors (Lipinski definition) is 5. The van der Waals surface area contributed by atoms with Crippen LogP contribution in [0.25, 0.3) is 11.8 Å². The summed E-state index contributed by atoms with van der Waals surface area (Å²) in [5.41, 5.74) is 3.98. The highest BCUT2D eigenvalue weighted by molar-refractivity contribution is 8.45. The zero-order valence-electron chi connectivity index (χ0n) is 15.4. The molecule has 1 aromatic carbocycles. The van der Waals surface area contributed by atoms with Crippen LogP contribution in [0.2, 0.25) is 5.02 Å². The van der Waals surface area contributed by atoms with E-state index in [1.54, 1.807) is 6.08 Å². The number of carbonyl (C=O) groups excluding carboxylic acids is 1. The van der Waals surface area contributed by atoms with Gasteiger partial charge in [0, 0.05) is 22.1 Å². The molecule has 1 amide bonds. The van der Waals surface area contributed by atoms with Crippen LogP contribution in [0, 0.1) is 19.3 Å². The first-order valence-corrected chi connectivity index (χ1v) is 10.8. The summed E-state index contributed by atoms with van der Waals surface area (Å²) in [6.45, 7) is 3.97. The van der Waals surface area contributed by atoms with Crippen LogP contribution in [-0.2, 0) is 4.79 Å². The lowest BCUT2D eigenvalue weighted by Gasteiger charge is -2.20. The molecule has 142 valence electrons. The third-order valence-electron chi connectivity index (χ3n) is 4.45. The number of hydrogen-bond donors (Lipinski definition) is 1. The second-order valence-electron chi connectivity index (χ2n) is 6.23. The number of aliphatic imine (C=N–C) groups is 1. The van der Waals surface area contributed by atoms with Crippen LogP contribution in [0.4, 0.5) is 0 Å². The van der Waals surface area contributed by atoms with E-state index in [0.29, 0.717) is 10.2 Å².